The number of ether oxygens (including phenoxy) is 1. The van der Waals surface area contributed by atoms with Crippen molar-refractivity contribution in [1.29, 1.82) is 0 Å². The van der Waals surface area contributed by atoms with Crippen LogP contribution < -0.4 is 10.1 Å². The number of benzene rings is 1. The maximum absolute atomic E-state index is 13.0. The number of amides is 2. The quantitative estimate of drug-likeness (QED) is 0.624. The van der Waals surface area contributed by atoms with Crippen molar-refractivity contribution in [3.8, 4) is 16.5 Å². The van der Waals surface area contributed by atoms with Crippen molar-refractivity contribution in [1.82, 2.24) is 9.88 Å². The molecule has 1 aliphatic heterocycles. The van der Waals surface area contributed by atoms with Crippen molar-refractivity contribution >= 4 is 40.6 Å². The van der Waals surface area contributed by atoms with Gasteiger partial charge in [0.1, 0.15) is 17.6 Å². The van der Waals surface area contributed by atoms with Crippen LogP contribution in [0.25, 0.3) is 10.8 Å². The highest BCUT2D eigenvalue weighted by Crippen LogP contribution is 2.28. The van der Waals surface area contributed by atoms with Gasteiger partial charge in [0.25, 0.3) is 0 Å². The number of aromatic nitrogens is 1. The Hall–Kier alpha value is -2.78. The average molecular weight is 444 g/mol. The second kappa shape index (κ2) is 8.93. The number of anilines is 1. The van der Waals surface area contributed by atoms with Gasteiger partial charge in [-0.05, 0) is 42.6 Å². The Kier molecular flexibility index (Phi) is 6.10. The minimum absolute atomic E-state index is 0.105. The monoisotopic (exact) mass is 443 g/mol. The fraction of sp³-hybridized carbons (Fsp3) is 0.286. The summed E-state index contributed by atoms with van der Waals surface area (Å²) >= 11 is 3.10. The van der Waals surface area contributed by atoms with Crippen molar-refractivity contribution in [3.63, 3.8) is 0 Å². The molecule has 2 aromatic heterocycles. The van der Waals surface area contributed by atoms with Crippen LogP contribution in [0.3, 0.4) is 0 Å². The molecule has 1 fully saturated rings. The second-order valence-electron chi connectivity index (χ2n) is 6.77. The van der Waals surface area contributed by atoms with Gasteiger partial charge in [0, 0.05) is 11.4 Å². The molecule has 0 bridgehead atoms. The standard InChI is InChI=1S/C21H21N3O4S2/c1-13-16(23-21(28-13)18-4-3-9-30-18)10-19(25)24-12-29-11-17(24)20(26)22-14-5-7-15(27-2)8-6-14/h3-9,17H,10-12H2,1-2H3,(H,22,26). The molecule has 1 aliphatic rings. The van der Waals surface area contributed by atoms with E-state index in [9.17, 15) is 9.59 Å². The summed E-state index contributed by atoms with van der Waals surface area (Å²) in [6.45, 7) is 1.80. The third-order valence-electron chi connectivity index (χ3n) is 4.81. The van der Waals surface area contributed by atoms with Crippen molar-refractivity contribution in [2.75, 3.05) is 24.1 Å². The molecule has 4 rings (SSSR count). The Morgan fingerprint density at radius 2 is 2.10 bits per heavy atom. The van der Waals surface area contributed by atoms with Gasteiger partial charge in [-0.2, -0.15) is 0 Å². The molecule has 1 unspecified atom stereocenters. The van der Waals surface area contributed by atoms with E-state index in [4.69, 9.17) is 9.15 Å². The highest BCUT2D eigenvalue weighted by molar-refractivity contribution is 7.99. The number of aryl methyl sites for hydroxylation is 1. The first kappa shape index (κ1) is 20.5. The van der Waals surface area contributed by atoms with Crippen molar-refractivity contribution < 1.29 is 18.7 Å². The topological polar surface area (TPSA) is 84.7 Å². The van der Waals surface area contributed by atoms with E-state index in [1.54, 1.807) is 55.0 Å². The molecule has 3 aromatic rings. The maximum Gasteiger partial charge on any atom is 0.248 e. The van der Waals surface area contributed by atoms with Gasteiger partial charge in [0.15, 0.2) is 0 Å². The third kappa shape index (κ3) is 4.36. The summed E-state index contributed by atoms with van der Waals surface area (Å²) in [5.74, 6) is 2.57. The van der Waals surface area contributed by atoms with E-state index < -0.39 is 6.04 Å². The van der Waals surface area contributed by atoms with E-state index in [2.05, 4.69) is 10.3 Å². The fourth-order valence-electron chi connectivity index (χ4n) is 3.15. The van der Waals surface area contributed by atoms with Gasteiger partial charge in [-0.1, -0.05) is 6.07 Å². The molecular formula is C21H21N3O4S2. The zero-order chi connectivity index (χ0) is 21.1. The van der Waals surface area contributed by atoms with Crippen molar-refractivity contribution in [2.24, 2.45) is 0 Å². The molecular weight excluding hydrogens is 422 g/mol. The lowest BCUT2D eigenvalue weighted by Gasteiger charge is -2.23. The van der Waals surface area contributed by atoms with Crippen LogP contribution in [-0.4, -0.2) is 46.5 Å². The number of carbonyl (C=O) groups excluding carboxylic acids is 2. The molecule has 0 saturated carbocycles. The molecule has 3 heterocycles. The molecule has 1 aromatic carbocycles. The first-order valence-electron chi connectivity index (χ1n) is 9.37. The Balaban J connectivity index is 1.42. The number of nitrogens with zero attached hydrogens (tertiary/aromatic N) is 2. The van der Waals surface area contributed by atoms with Crippen LogP contribution in [0.4, 0.5) is 5.69 Å². The van der Waals surface area contributed by atoms with Crippen LogP contribution in [0.2, 0.25) is 0 Å². The first-order valence-corrected chi connectivity index (χ1v) is 11.4. The van der Waals surface area contributed by atoms with E-state index in [1.807, 2.05) is 17.5 Å². The van der Waals surface area contributed by atoms with E-state index in [0.717, 1.165) is 4.88 Å². The Morgan fingerprint density at radius 3 is 2.80 bits per heavy atom. The highest BCUT2D eigenvalue weighted by Gasteiger charge is 2.35. The summed E-state index contributed by atoms with van der Waals surface area (Å²) < 4.78 is 10.9. The van der Waals surface area contributed by atoms with E-state index in [-0.39, 0.29) is 18.2 Å². The van der Waals surface area contributed by atoms with Crippen molar-refractivity contribution in [2.45, 2.75) is 19.4 Å². The number of thioether (sulfide) groups is 1. The Bertz CT molecular complexity index is 1030. The Labute approximate surface area is 182 Å². The minimum Gasteiger partial charge on any atom is -0.497 e. The lowest BCUT2D eigenvalue weighted by atomic mass is 10.2. The van der Waals surface area contributed by atoms with Gasteiger partial charge in [-0.25, -0.2) is 4.98 Å². The number of carbonyl (C=O) groups is 2. The largest absolute Gasteiger partial charge is 0.497 e. The van der Waals surface area contributed by atoms with Gasteiger partial charge >= 0.3 is 0 Å². The Morgan fingerprint density at radius 1 is 1.30 bits per heavy atom. The van der Waals surface area contributed by atoms with Crippen LogP contribution in [-0.2, 0) is 16.0 Å². The number of hydrogen-bond donors (Lipinski definition) is 1. The summed E-state index contributed by atoms with van der Waals surface area (Å²) in [5.41, 5.74) is 1.27. The SMILES string of the molecule is COc1ccc(NC(=O)C2CSCN2C(=O)Cc2nc(-c3cccs3)oc2C)cc1. The van der Waals surface area contributed by atoms with Gasteiger partial charge < -0.3 is 19.4 Å². The predicted molar refractivity (Wildman–Crippen MR) is 118 cm³/mol. The molecule has 9 heteroatoms. The molecule has 1 atom stereocenters. The molecule has 30 heavy (non-hydrogen) atoms. The number of oxazole rings is 1. The molecule has 0 aliphatic carbocycles. The summed E-state index contributed by atoms with van der Waals surface area (Å²) in [5, 5.41) is 4.84. The normalized spacial score (nSPS) is 15.9. The molecule has 0 radical (unpaired) electrons. The number of thiophene rings is 1. The number of methoxy groups -OCH3 is 1. The van der Waals surface area contributed by atoms with Crippen LogP contribution in [0.5, 0.6) is 5.75 Å². The van der Waals surface area contributed by atoms with Gasteiger partial charge in [0.05, 0.1) is 30.0 Å². The van der Waals surface area contributed by atoms with Crippen molar-refractivity contribution in [3.05, 3.63) is 53.2 Å². The molecule has 2 amide bonds. The highest BCUT2D eigenvalue weighted by atomic mass is 32.2. The minimum atomic E-state index is -0.520. The van der Waals surface area contributed by atoms with Gasteiger partial charge in [0.2, 0.25) is 17.7 Å². The summed E-state index contributed by atoms with van der Waals surface area (Å²) in [6, 6.07) is 10.4. The zero-order valence-electron chi connectivity index (χ0n) is 16.6. The zero-order valence-corrected chi connectivity index (χ0v) is 18.2. The molecule has 156 valence electrons. The first-order chi connectivity index (χ1) is 14.5. The number of nitrogens with one attached hydrogen (secondary N) is 1. The molecule has 0 spiro atoms. The predicted octanol–water partition coefficient (Wildman–Crippen LogP) is 3.80. The fourth-order valence-corrected chi connectivity index (χ4v) is 4.98. The van der Waals surface area contributed by atoms with E-state index >= 15 is 0 Å². The number of hydrogen-bond acceptors (Lipinski definition) is 7. The van der Waals surface area contributed by atoms with Crippen LogP contribution >= 0.6 is 23.1 Å². The molecule has 7 nitrogen and oxygen atoms in total. The van der Waals surface area contributed by atoms with Gasteiger partial charge in [-0.3, -0.25) is 9.59 Å². The average Bonchev–Trinajstić information content (AvgIpc) is 3.50. The molecule has 1 saturated heterocycles. The maximum atomic E-state index is 13.0. The summed E-state index contributed by atoms with van der Waals surface area (Å²) in [4.78, 5) is 32.8. The smallest absolute Gasteiger partial charge is 0.248 e. The van der Waals surface area contributed by atoms with Crippen LogP contribution in [0.1, 0.15) is 11.5 Å². The lowest BCUT2D eigenvalue weighted by molar-refractivity contribution is -0.135. The summed E-state index contributed by atoms with van der Waals surface area (Å²) in [6.07, 6.45) is 0.105. The van der Waals surface area contributed by atoms with E-state index in [0.29, 0.717) is 40.4 Å². The van der Waals surface area contributed by atoms with Crippen LogP contribution in [0.15, 0.2) is 46.2 Å². The second-order valence-corrected chi connectivity index (χ2v) is 8.72. The van der Waals surface area contributed by atoms with E-state index in [1.165, 1.54) is 11.3 Å². The summed E-state index contributed by atoms with van der Waals surface area (Å²) in [7, 11) is 1.59. The molecule has 1 N–H and O–H groups in total. The lowest BCUT2D eigenvalue weighted by Crippen LogP contribution is -2.45. The van der Waals surface area contributed by atoms with Crippen LogP contribution in [0, 0.1) is 6.92 Å². The third-order valence-corrected chi connectivity index (χ3v) is 6.68. The van der Waals surface area contributed by atoms with Gasteiger partial charge in [-0.15, -0.1) is 23.1 Å². The number of rotatable bonds is 6.